The number of rotatable bonds is 7. The molecule has 1 aromatic heterocycles. The Bertz CT molecular complexity index is 1280. The van der Waals surface area contributed by atoms with Crippen LogP contribution in [0.15, 0.2) is 54.9 Å². The van der Waals surface area contributed by atoms with E-state index in [-0.39, 0.29) is 11.6 Å². The lowest BCUT2D eigenvalue weighted by molar-refractivity contribution is -0.384. The molecule has 1 amide bonds. The van der Waals surface area contributed by atoms with Gasteiger partial charge in [0, 0.05) is 78.9 Å². The minimum absolute atomic E-state index is 0.0416. The summed E-state index contributed by atoms with van der Waals surface area (Å²) in [4.78, 5) is 39.8. The van der Waals surface area contributed by atoms with E-state index in [0.29, 0.717) is 24.5 Å². The van der Waals surface area contributed by atoms with Gasteiger partial charge in [0.2, 0.25) is 0 Å². The lowest BCUT2D eigenvalue weighted by Gasteiger charge is -2.37. The van der Waals surface area contributed by atoms with Gasteiger partial charge in [0.05, 0.1) is 4.92 Å². The number of aromatic nitrogens is 2. The number of non-ortho nitro benzene ring substituents is 1. The number of amides is 1. The summed E-state index contributed by atoms with van der Waals surface area (Å²) in [5.74, 6) is 0.449. The van der Waals surface area contributed by atoms with E-state index in [2.05, 4.69) is 25.8 Å². The number of fused-ring (bicyclic) bond motifs is 1. The van der Waals surface area contributed by atoms with E-state index in [9.17, 15) is 14.9 Å². The second kappa shape index (κ2) is 11.2. The van der Waals surface area contributed by atoms with E-state index in [4.69, 9.17) is 11.6 Å². The van der Waals surface area contributed by atoms with Gasteiger partial charge in [0.15, 0.2) is 0 Å². The van der Waals surface area contributed by atoms with E-state index in [1.54, 1.807) is 11.2 Å². The molecule has 2 aliphatic rings. The van der Waals surface area contributed by atoms with Gasteiger partial charge in [-0.3, -0.25) is 24.7 Å². The number of nitro groups is 1. The zero-order valence-corrected chi connectivity index (χ0v) is 21.3. The Labute approximate surface area is 220 Å². The molecule has 5 rings (SSSR count). The summed E-state index contributed by atoms with van der Waals surface area (Å²) in [6.07, 6.45) is 5.39. The Kier molecular flexibility index (Phi) is 7.62. The zero-order chi connectivity index (χ0) is 25.8. The van der Waals surface area contributed by atoms with Crippen molar-refractivity contribution in [2.75, 3.05) is 49.1 Å². The molecule has 3 aromatic rings. The summed E-state index contributed by atoms with van der Waals surface area (Å²) in [6, 6.07) is 13.7. The summed E-state index contributed by atoms with van der Waals surface area (Å²) in [5, 5.41) is 11.8. The number of halogens is 1. The molecule has 37 heavy (non-hydrogen) atoms. The molecule has 1 aliphatic heterocycles. The summed E-state index contributed by atoms with van der Waals surface area (Å²) in [7, 11) is 0. The third-order valence-electron chi connectivity index (χ3n) is 7.11. The zero-order valence-electron chi connectivity index (χ0n) is 20.6. The molecule has 192 valence electrons. The molecule has 1 fully saturated rings. The van der Waals surface area contributed by atoms with Gasteiger partial charge in [-0.25, -0.2) is 9.97 Å². The number of piperazine rings is 1. The number of nitro benzene ring substituents is 1. The van der Waals surface area contributed by atoms with Crippen molar-refractivity contribution in [3.8, 4) is 0 Å². The number of carbonyl (C=O) groups excluding carboxylic acids is 1. The first-order valence-corrected chi connectivity index (χ1v) is 13.0. The smallest absolute Gasteiger partial charge is 0.269 e. The average Bonchev–Trinajstić information content (AvgIpc) is 2.93. The maximum absolute atomic E-state index is 13.7. The van der Waals surface area contributed by atoms with Crippen molar-refractivity contribution in [2.24, 2.45) is 0 Å². The van der Waals surface area contributed by atoms with Crippen LogP contribution in [0.2, 0.25) is 5.02 Å². The topological polar surface area (TPSA) is 95.7 Å². The van der Waals surface area contributed by atoms with Crippen molar-refractivity contribution in [3.05, 3.63) is 86.8 Å². The van der Waals surface area contributed by atoms with Crippen molar-refractivity contribution in [3.63, 3.8) is 0 Å². The fraction of sp³-hybridized carbons (Fsp3) is 0.370. The number of hydrogen-bond acceptors (Lipinski definition) is 7. The average molecular weight is 521 g/mol. The van der Waals surface area contributed by atoms with Gasteiger partial charge in [-0.2, -0.15) is 0 Å². The second-order valence-electron chi connectivity index (χ2n) is 9.40. The molecule has 10 heteroatoms. The first-order chi connectivity index (χ1) is 18.0. The first-order valence-electron chi connectivity index (χ1n) is 12.6. The molecule has 0 spiro atoms. The van der Waals surface area contributed by atoms with Gasteiger partial charge in [-0.05, 0) is 56.0 Å². The van der Waals surface area contributed by atoms with Gasteiger partial charge in [-0.1, -0.05) is 17.7 Å². The van der Waals surface area contributed by atoms with Crippen molar-refractivity contribution >= 4 is 34.7 Å². The quantitative estimate of drug-likeness (QED) is 0.337. The Morgan fingerprint density at radius 3 is 2.51 bits per heavy atom. The molecule has 0 saturated carbocycles. The van der Waals surface area contributed by atoms with Gasteiger partial charge in [-0.15, -0.1) is 0 Å². The minimum Gasteiger partial charge on any atom is -0.369 e. The predicted molar refractivity (Wildman–Crippen MR) is 144 cm³/mol. The summed E-state index contributed by atoms with van der Waals surface area (Å²) in [6.45, 7) is 4.65. The molecule has 0 radical (unpaired) electrons. The molecule has 0 unspecified atom stereocenters. The van der Waals surface area contributed by atoms with Gasteiger partial charge in [0.1, 0.15) is 12.1 Å². The predicted octanol–water partition coefficient (Wildman–Crippen LogP) is 4.39. The molecule has 9 nitrogen and oxygen atoms in total. The highest BCUT2D eigenvalue weighted by Gasteiger charge is 2.27. The van der Waals surface area contributed by atoms with Crippen molar-refractivity contribution in [1.29, 1.82) is 0 Å². The molecule has 2 heterocycles. The van der Waals surface area contributed by atoms with Crippen molar-refractivity contribution < 1.29 is 9.72 Å². The van der Waals surface area contributed by atoms with Crippen LogP contribution in [0.3, 0.4) is 0 Å². The Hall–Kier alpha value is -3.56. The summed E-state index contributed by atoms with van der Waals surface area (Å²) in [5.41, 5.74) is 3.53. The van der Waals surface area contributed by atoms with Crippen LogP contribution in [-0.2, 0) is 12.8 Å². The van der Waals surface area contributed by atoms with Crippen LogP contribution in [0, 0.1) is 10.1 Å². The van der Waals surface area contributed by atoms with Crippen LogP contribution in [0.5, 0.6) is 0 Å². The lowest BCUT2D eigenvalue weighted by Crippen LogP contribution is -2.49. The van der Waals surface area contributed by atoms with E-state index < -0.39 is 4.92 Å². The highest BCUT2D eigenvalue weighted by Crippen LogP contribution is 2.29. The lowest BCUT2D eigenvalue weighted by atomic mass is 9.96. The number of hydrogen-bond donors (Lipinski definition) is 0. The van der Waals surface area contributed by atoms with E-state index in [1.807, 2.05) is 18.2 Å². The number of aryl methyl sites for hydroxylation is 1. The fourth-order valence-electron chi connectivity index (χ4n) is 5.07. The maximum atomic E-state index is 13.7. The van der Waals surface area contributed by atoms with Crippen molar-refractivity contribution in [1.82, 2.24) is 14.9 Å². The van der Waals surface area contributed by atoms with Gasteiger partial charge in [0.25, 0.3) is 11.6 Å². The SMILES string of the molecule is O=C(c1ccc([N+](=O)[O-])cc1)N(CCN1CCN(c2cccc(Cl)c2)CC1)c1ncnc2c1CCCC2. The van der Waals surface area contributed by atoms with Crippen LogP contribution in [0.4, 0.5) is 17.2 Å². The van der Waals surface area contributed by atoms with E-state index >= 15 is 0 Å². The number of benzene rings is 2. The minimum atomic E-state index is -0.462. The van der Waals surface area contributed by atoms with E-state index in [1.165, 1.54) is 24.3 Å². The van der Waals surface area contributed by atoms with Gasteiger partial charge >= 0.3 is 0 Å². The summed E-state index contributed by atoms with van der Waals surface area (Å²) >= 11 is 6.17. The maximum Gasteiger partial charge on any atom is 0.269 e. The molecule has 0 atom stereocenters. The molecule has 2 aromatic carbocycles. The normalized spacial score (nSPS) is 15.8. The third kappa shape index (κ3) is 5.73. The Morgan fingerprint density at radius 2 is 1.78 bits per heavy atom. The highest BCUT2D eigenvalue weighted by molar-refractivity contribution is 6.30. The van der Waals surface area contributed by atoms with Crippen molar-refractivity contribution in [2.45, 2.75) is 25.7 Å². The number of anilines is 2. The molecule has 1 saturated heterocycles. The van der Waals surface area contributed by atoms with Crippen LogP contribution in [0.1, 0.15) is 34.5 Å². The van der Waals surface area contributed by atoms with Crippen LogP contribution in [0.25, 0.3) is 0 Å². The number of carbonyl (C=O) groups is 1. The number of nitrogens with zero attached hydrogens (tertiary/aromatic N) is 6. The first kappa shape index (κ1) is 25.1. The van der Waals surface area contributed by atoms with Crippen LogP contribution in [-0.4, -0.2) is 65.0 Å². The molecule has 1 aliphatic carbocycles. The van der Waals surface area contributed by atoms with Gasteiger partial charge < -0.3 is 4.90 Å². The molecular formula is C27H29ClN6O3. The second-order valence-corrected chi connectivity index (χ2v) is 9.84. The Balaban J connectivity index is 1.33. The monoisotopic (exact) mass is 520 g/mol. The van der Waals surface area contributed by atoms with Crippen LogP contribution >= 0.6 is 11.6 Å². The third-order valence-corrected chi connectivity index (χ3v) is 7.35. The summed E-state index contributed by atoms with van der Waals surface area (Å²) < 4.78 is 0. The molecular weight excluding hydrogens is 492 g/mol. The highest BCUT2D eigenvalue weighted by atomic mass is 35.5. The fourth-order valence-corrected chi connectivity index (χ4v) is 5.25. The molecule has 0 bridgehead atoms. The largest absolute Gasteiger partial charge is 0.369 e. The standard InChI is InChI=1S/C27H29ClN6O3/c28-21-4-3-5-23(18-21)32-15-12-31(13-16-32)14-17-33(26-24-6-1-2-7-25(24)29-19-30-26)27(35)20-8-10-22(11-9-20)34(36)37/h3-5,8-11,18-19H,1-2,6-7,12-17H2. The van der Waals surface area contributed by atoms with Crippen LogP contribution < -0.4 is 9.80 Å². The Morgan fingerprint density at radius 1 is 1.03 bits per heavy atom. The van der Waals surface area contributed by atoms with E-state index in [0.717, 1.165) is 73.8 Å². The molecule has 0 N–H and O–H groups in total.